The van der Waals surface area contributed by atoms with Crippen molar-refractivity contribution in [3.8, 4) is 0 Å². The van der Waals surface area contributed by atoms with Gasteiger partial charge >= 0.3 is 17.9 Å². The zero-order chi connectivity index (χ0) is 38.7. The smallest absolute Gasteiger partial charge is 0.306 e. The summed E-state index contributed by atoms with van der Waals surface area (Å²) in [5.41, 5.74) is 0. The molecule has 0 saturated carbocycles. The Morgan fingerprint density at radius 2 is 0.509 bits per heavy atom. The standard InChI is InChI=1S/C47H90O6/c1-4-7-10-13-15-16-17-18-19-20-21-22-23-24-25-26-27-28-29-30-32-34-37-40-46(49)52-43-44(42-51-45(48)39-36-33-12-9-6-3)53-47(50)41-38-35-31-14-11-8-5-2/h44H,4-43H2,1-3H3. The zero-order valence-corrected chi connectivity index (χ0v) is 35.8. The fourth-order valence-electron chi connectivity index (χ4n) is 7.03. The van der Waals surface area contributed by atoms with E-state index in [2.05, 4.69) is 20.8 Å². The van der Waals surface area contributed by atoms with Crippen molar-refractivity contribution >= 4 is 17.9 Å². The molecule has 0 bridgehead atoms. The summed E-state index contributed by atoms with van der Waals surface area (Å²) in [6.45, 7) is 6.53. The fraction of sp³-hybridized carbons (Fsp3) is 0.936. The second kappa shape index (κ2) is 43.1. The molecule has 0 heterocycles. The van der Waals surface area contributed by atoms with E-state index in [1.807, 2.05) is 0 Å². The third kappa shape index (κ3) is 41.4. The van der Waals surface area contributed by atoms with Crippen molar-refractivity contribution in [3.63, 3.8) is 0 Å². The van der Waals surface area contributed by atoms with Crippen LogP contribution in [-0.2, 0) is 28.6 Å². The van der Waals surface area contributed by atoms with E-state index in [4.69, 9.17) is 14.2 Å². The average molecular weight is 751 g/mol. The molecule has 0 aromatic heterocycles. The molecule has 6 heteroatoms. The molecule has 0 rings (SSSR count). The van der Waals surface area contributed by atoms with Gasteiger partial charge in [0.05, 0.1) is 0 Å². The van der Waals surface area contributed by atoms with E-state index in [1.165, 1.54) is 161 Å². The van der Waals surface area contributed by atoms with E-state index in [1.54, 1.807) is 0 Å². The van der Waals surface area contributed by atoms with Gasteiger partial charge in [-0.2, -0.15) is 0 Å². The third-order valence-corrected chi connectivity index (χ3v) is 10.6. The van der Waals surface area contributed by atoms with Crippen LogP contribution in [0.5, 0.6) is 0 Å². The van der Waals surface area contributed by atoms with E-state index in [9.17, 15) is 14.4 Å². The second-order valence-electron chi connectivity index (χ2n) is 16.0. The highest BCUT2D eigenvalue weighted by molar-refractivity contribution is 5.71. The zero-order valence-electron chi connectivity index (χ0n) is 35.8. The molecular weight excluding hydrogens is 661 g/mol. The van der Waals surface area contributed by atoms with Crippen molar-refractivity contribution < 1.29 is 28.6 Å². The maximum Gasteiger partial charge on any atom is 0.306 e. The number of rotatable bonds is 43. The summed E-state index contributed by atoms with van der Waals surface area (Å²) in [5.74, 6) is -0.875. The van der Waals surface area contributed by atoms with Crippen LogP contribution in [0.15, 0.2) is 0 Å². The van der Waals surface area contributed by atoms with E-state index in [0.717, 1.165) is 64.2 Å². The number of carbonyl (C=O) groups excluding carboxylic acids is 3. The molecule has 0 amide bonds. The molecule has 0 N–H and O–H groups in total. The van der Waals surface area contributed by atoms with Crippen LogP contribution < -0.4 is 0 Å². The van der Waals surface area contributed by atoms with Crippen LogP contribution in [0.4, 0.5) is 0 Å². The molecule has 0 saturated heterocycles. The SMILES string of the molecule is CCCCCCCCCCCCCCCCCCCCCCCCCC(=O)OCC(COC(=O)CCCCCCC)OC(=O)CCCCCCCCC. The van der Waals surface area contributed by atoms with Crippen molar-refractivity contribution in [3.05, 3.63) is 0 Å². The summed E-state index contributed by atoms with van der Waals surface area (Å²) in [6, 6.07) is 0. The minimum absolute atomic E-state index is 0.0648. The van der Waals surface area contributed by atoms with Gasteiger partial charge in [-0.1, -0.05) is 226 Å². The topological polar surface area (TPSA) is 78.9 Å². The van der Waals surface area contributed by atoms with Gasteiger partial charge in [0, 0.05) is 19.3 Å². The molecule has 0 aromatic carbocycles. The number of hydrogen-bond acceptors (Lipinski definition) is 6. The van der Waals surface area contributed by atoms with Crippen LogP contribution in [0, 0.1) is 0 Å². The van der Waals surface area contributed by atoms with Gasteiger partial charge in [0.1, 0.15) is 13.2 Å². The van der Waals surface area contributed by atoms with Crippen LogP contribution in [0.3, 0.4) is 0 Å². The Morgan fingerprint density at radius 3 is 0.755 bits per heavy atom. The van der Waals surface area contributed by atoms with E-state index in [-0.39, 0.29) is 31.1 Å². The first-order chi connectivity index (χ1) is 26.0. The molecule has 0 aliphatic carbocycles. The summed E-state index contributed by atoms with van der Waals surface area (Å²) in [7, 11) is 0. The van der Waals surface area contributed by atoms with Crippen LogP contribution in [0.25, 0.3) is 0 Å². The monoisotopic (exact) mass is 751 g/mol. The number of esters is 3. The Hall–Kier alpha value is -1.59. The Morgan fingerprint density at radius 1 is 0.302 bits per heavy atom. The van der Waals surface area contributed by atoms with Crippen LogP contribution in [0.2, 0.25) is 0 Å². The van der Waals surface area contributed by atoms with Gasteiger partial charge in [-0.05, 0) is 19.3 Å². The highest BCUT2D eigenvalue weighted by atomic mass is 16.6. The summed E-state index contributed by atoms with van der Waals surface area (Å²) in [5, 5.41) is 0. The maximum atomic E-state index is 12.5. The number of carbonyl (C=O) groups is 3. The molecule has 1 unspecified atom stereocenters. The van der Waals surface area contributed by atoms with Gasteiger partial charge in [-0.25, -0.2) is 0 Å². The van der Waals surface area contributed by atoms with Gasteiger partial charge in [-0.15, -0.1) is 0 Å². The van der Waals surface area contributed by atoms with Gasteiger partial charge in [-0.3, -0.25) is 14.4 Å². The summed E-state index contributed by atoms with van der Waals surface area (Å²) in [6.07, 6.45) is 44.4. The first kappa shape index (κ1) is 51.4. The predicted octanol–water partition coefficient (Wildman–Crippen LogP) is 14.9. The first-order valence-electron chi connectivity index (χ1n) is 23.5. The van der Waals surface area contributed by atoms with E-state index in [0.29, 0.717) is 19.3 Å². The lowest BCUT2D eigenvalue weighted by atomic mass is 10.0. The van der Waals surface area contributed by atoms with Gasteiger partial charge in [0.2, 0.25) is 0 Å². The third-order valence-electron chi connectivity index (χ3n) is 10.6. The lowest BCUT2D eigenvalue weighted by molar-refractivity contribution is -0.167. The largest absolute Gasteiger partial charge is 0.462 e. The molecule has 0 fully saturated rings. The van der Waals surface area contributed by atoms with Crippen molar-refractivity contribution in [2.24, 2.45) is 0 Å². The number of hydrogen-bond donors (Lipinski definition) is 0. The van der Waals surface area contributed by atoms with Gasteiger partial charge < -0.3 is 14.2 Å². The maximum absolute atomic E-state index is 12.5. The van der Waals surface area contributed by atoms with Crippen molar-refractivity contribution in [1.29, 1.82) is 0 Å². The molecule has 0 aliphatic rings. The minimum atomic E-state index is -0.755. The highest BCUT2D eigenvalue weighted by Gasteiger charge is 2.19. The Labute approximate surface area is 329 Å². The normalized spacial score (nSPS) is 11.8. The Balaban J connectivity index is 3.91. The first-order valence-corrected chi connectivity index (χ1v) is 23.5. The lowest BCUT2D eigenvalue weighted by Crippen LogP contribution is -2.30. The van der Waals surface area contributed by atoms with Crippen molar-refractivity contribution in [2.75, 3.05) is 13.2 Å². The molecule has 1 atom stereocenters. The molecule has 0 spiro atoms. The Bertz CT molecular complexity index is 783. The molecule has 314 valence electrons. The van der Waals surface area contributed by atoms with Crippen molar-refractivity contribution in [1.82, 2.24) is 0 Å². The molecule has 0 aliphatic heterocycles. The van der Waals surface area contributed by atoms with E-state index >= 15 is 0 Å². The fourth-order valence-corrected chi connectivity index (χ4v) is 7.03. The summed E-state index contributed by atoms with van der Waals surface area (Å²) < 4.78 is 16.5. The molecular formula is C47H90O6. The second-order valence-corrected chi connectivity index (χ2v) is 16.0. The highest BCUT2D eigenvalue weighted by Crippen LogP contribution is 2.16. The number of ether oxygens (including phenoxy) is 3. The van der Waals surface area contributed by atoms with Gasteiger partial charge in [0.25, 0.3) is 0 Å². The minimum Gasteiger partial charge on any atom is -0.462 e. The summed E-state index contributed by atoms with van der Waals surface area (Å²) >= 11 is 0. The Kier molecular flexibility index (Phi) is 41.8. The van der Waals surface area contributed by atoms with Crippen LogP contribution >= 0.6 is 0 Å². The summed E-state index contributed by atoms with van der Waals surface area (Å²) in [4.78, 5) is 37.3. The number of unbranched alkanes of at least 4 members (excludes halogenated alkanes) is 32. The van der Waals surface area contributed by atoms with Crippen LogP contribution in [-0.4, -0.2) is 37.2 Å². The lowest BCUT2D eigenvalue weighted by Gasteiger charge is -2.18. The molecule has 53 heavy (non-hydrogen) atoms. The van der Waals surface area contributed by atoms with Crippen LogP contribution in [0.1, 0.15) is 265 Å². The van der Waals surface area contributed by atoms with Crippen molar-refractivity contribution in [2.45, 2.75) is 271 Å². The predicted molar refractivity (Wildman–Crippen MR) is 224 cm³/mol. The quantitative estimate of drug-likeness (QED) is 0.0351. The molecule has 0 radical (unpaired) electrons. The average Bonchev–Trinajstić information content (AvgIpc) is 3.15. The molecule has 6 nitrogen and oxygen atoms in total. The molecule has 0 aromatic rings. The van der Waals surface area contributed by atoms with E-state index < -0.39 is 6.10 Å². The van der Waals surface area contributed by atoms with Gasteiger partial charge in [0.15, 0.2) is 6.10 Å².